The number of anilines is 1. The van der Waals surface area contributed by atoms with Gasteiger partial charge >= 0.3 is 0 Å². The molecule has 0 bridgehead atoms. The average molecular weight is 324 g/mol. The second-order valence-electron chi connectivity index (χ2n) is 4.42. The minimum atomic E-state index is -0.482. The van der Waals surface area contributed by atoms with E-state index in [1.54, 1.807) is 24.3 Å². The Morgan fingerprint density at radius 3 is 2.62 bits per heavy atom. The van der Waals surface area contributed by atoms with Crippen molar-refractivity contribution >= 4 is 40.9 Å². The molecule has 0 unspecified atom stereocenters. The van der Waals surface area contributed by atoms with Crippen LogP contribution in [0.4, 0.5) is 10.1 Å². The standard InChI is InChI=1S/C16H12Cl2FNO/c1-10-5-6-11(9-14(10)18)20-16(21)8-7-12-13(17)3-2-4-15(12)19/h2-9H,1H3,(H,20,21)/b8-7+. The van der Waals surface area contributed by atoms with Gasteiger partial charge in [0.15, 0.2) is 0 Å². The van der Waals surface area contributed by atoms with Gasteiger partial charge in [-0.15, -0.1) is 0 Å². The lowest BCUT2D eigenvalue weighted by molar-refractivity contribution is -0.111. The van der Waals surface area contributed by atoms with E-state index in [0.29, 0.717) is 10.7 Å². The summed E-state index contributed by atoms with van der Waals surface area (Å²) in [5.41, 5.74) is 1.67. The summed E-state index contributed by atoms with van der Waals surface area (Å²) in [6.07, 6.45) is 2.56. The van der Waals surface area contributed by atoms with E-state index in [4.69, 9.17) is 23.2 Å². The number of aryl methyl sites for hydroxylation is 1. The average Bonchev–Trinajstić information content (AvgIpc) is 2.42. The van der Waals surface area contributed by atoms with Gasteiger partial charge in [0.2, 0.25) is 5.91 Å². The zero-order valence-electron chi connectivity index (χ0n) is 11.2. The molecule has 0 aliphatic rings. The van der Waals surface area contributed by atoms with Crippen molar-refractivity contribution in [2.24, 2.45) is 0 Å². The maximum atomic E-state index is 13.5. The minimum absolute atomic E-state index is 0.177. The molecule has 0 heterocycles. The maximum absolute atomic E-state index is 13.5. The van der Waals surface area contributed by atoms with E-state index in [1.165, 1.54) is 24.3 Å². The second-order valence-corrected chi connectivity index (χ2v) is 5.24. The highest BCUT2D eigenvalue weighted by Gasteiger charge is 2.05. The van der Waals surface area contributed by atoms with Crippen LogP contribution in [-0.2, 0) is 4.79 Å². The summed E-state index contributed by atoms with van der Waals surface area (Å²) in [5, 5.41) is 3.45. The smallest absolute Gasteiger partial charge is 0.248 e. The monoisotopic (exact) mass is 323 g/mol. The van der Waals surface area contributed by atoms with Gasteiger partial charge in [0.25, 0.3) is 0 Å². The van der Waals surface area contributed by atoms with Crippen LogP contribution in [-0.4, -0.2) is 5.91 Å². The predicted molar refractivity (Wildman–Crippen MR) is 85.3 cm³/mol. The highest BCUT2D eigenvalue weighted by molar-refractivity contribution is 6.32. The third kappa shape index (κ3) is 4.06. The van der Waals surface area contributed by atoms with Crippen molar-refractivity contribution in [3.63, 3.8) is 0 Å². The first-order valence-electron chi connectivity index (χ1n) is 6.16. The van der Waals surface area contributed by atoms with Crippen molar-refractivity contribution in [1.29, 1.82) is 0 Å². The molecule has 0 saturated heterocycles. The number of nitrogens with one attached hydrogen (secondary N) is 1. The Balaban J connectivity index is 2.11. The van der Waals surface area contributed by atoms with Crippen LogP contribution in [0.2, 0.25) is 10.0 Å². The molecule has 2 rings (SSSR count). The highest BCUT2D eigenvalue weighted by Crippen LogP contribution is 2.21. The molecule has 0 aromatic heterocycles. The molecule has 0 spiro atoms. The van der Waals surface area contributed by atoms with Gasteiger partial charge in [-0.05, 0) is 42.8 Å². The van der Waals surface area contributed by atoms with E-state index in [1.807, 2.05) is 6.92 Å². The first-order chi connectivity index (χ1) is 9.97. The summed E-state index contributed by atoms with van der Waals surface area (Å²) in [6, 6.07) is 9.53. The van der Waals surface area contributed by atoms with Crippen LogP contribution in [0.15, 0.2) is 42.5 Å². The molecule has 108 valence electrons. The zero-order valence-corrected chi connectivity index (χ0v) is 12.7. The van der Waals surface area contributed by atoms with Crippen molar-refractivity contribution in [1.82, 2.24) is 0 Å². The van der Waals surface area contributed by atoms with E-state index in [9.17, 15) is 9.18 Å². The van der Waals surface area contributed by atoms with Gasteiger partial charge in [0.05, 0.1) is 5.02 Å². The summed E-state index contributed by atoms with van der Waals surface area (Å²) >= 11 is 11.8. The third-order valence-electron chi connectivity index (χ3n) is 2.84. The molecule has 21 heavy (non-hydrogen) atoms. The van der Waals surface area contributed by atoms with E-state index in [-0.39, 0.29) is 10.6 Å². The number of carbonyl (C=O) groups is 1. The van der Waals surface area contributed by atoms with E-state index < -0.39 is 11.7 Å². The van der Waals surface area contributed by atoms with Crippen LogP contribution in [0.5, 0.6) is 0 Å². The largest absolute Gasteiger partial charge is 0.322 e. The number of amides is 1. The Morgan fingerprint density at radius 1 is 1.19 bits per heavy atom. The van der Waals surface area contributed by atoms with Gasteiger partial charge in [-0.3, -0.25) is 4.79 Å². The Hall–Kier alpha value is -1.84. The van der Waals surface area contributed by atoms with Gasteiger partial charge in [0.1, 0.15) is 5.82 Å². The molecule has 2 nitrogen and oxygen atoms in total. The molecular formula is C16H12Cl2FNO. The van der Waals surface area contributed by atoms with Crippen LogP contribution < -0.4 is 5.32 Å². The maximum Gasteiger partial charge on any atom is 0.248 e. The Labute approximate surface area is 132 Å². The molecule has 0 radical (unpaired) electrons. The van der Waals surface area contributed by atoms with Crippen LogP contribution >= 0.6 is 23.2 Å². The molecular weight excluding hydrogens is 312 g/mol. The van der Waals surface area contributed by atoms with E-state index in [0.717, 1.165) is 5.56 Å². The zero-order chi connectivity index (χ0) is 15.4. The van der Waals surface area contributed by atoms with Gasteiger partial charge in [-0.2, -0.15) is 0 Å². The molecule has 0 atom stereocenters. The van der Waals surface area contributed by atoms with Crippen LogP contribution in [0.1, 0.15) is 11.1 Å². The number of benzene rings is 2. The number of carbonyl (C=O) groups excluding carboxylic acids is 1. The van der Waals surface area contributed by atoms with Crippen LogP contribution in [0, 0.1) is 12.7 Å². The summed E-state index contributed by atoms with van der Waals surface area (Å²) < 4.78 is 13.5. The van der Waals surface area contributed by atoms with Crippen molar-refractivity contribution in [3.8, 4) is 0 Å². The first kappa shape index (κ1) is 15.5. The van der Waals surface area contributed by atoms with E-state index >= 15 is 0 Å². The Kier molecular flexibility index (Phi) is 4.99. The van der Waals surface area contributed by atoms with Crippen molar-refractivity contribution in [2.45, 2.75) is 6.92 Å². The van der Waals surface area contributed by atoms with Crippen molar-refractivity contribution < 1.29 is 9.18 Å². The normalized spacial score (nSPS) is 10.9. The van der Waals surface area contributed by atoms with Crippen LogP contribution in [0.3, 0.4) is 0 Å². The molecule has 0 aliphatic carbocycles. The number of halogens is 3. The van der Waals surface area contributed by atoms with E-state index in [2.05, 4.69) is 5.32 Å². The number of rotatable bonds is 3. The van der Waals surface area contributed by atoms with Gasteiger partial charge in [-0.25, -0.2) is 4.39 Å². The Bertz CT molecular complexity index is 693. The quantitative estimate of drug-likeness (QED) is 0.783. The van der Waals surface area contributed by atoms with Crippen molar-refractivity contribution in [3.05, 3.63) is 69.5 Å². The molecule has 0 fully saturated rings. The fraction of sp³-hybridized carbons (Fsp3) is 0.0625. The summed E-state index contributed by atoms with van der Waals surface area (Å²) in [4.78, 5) is 11.8. The second kappa shape index (κ2) is 6.74. The SMILES string of the molecule is Cc1ccc(NC(=O)/C=C/c2c(F)cccc2Cl)cc1Cl. The highest BCUT2D eigenvalue weighted by atomic mass is 35.5. The topological polar surface area (TPSA) is 29.1 Å². The molecule has 0 saturated carbocycles. The number of hydrogen-bond acceptors (Lipinski definition) is 1. The van der Waals surface area contributed by atoms with Gasteiger partial charge in [0, 0.05) is 22.3 Å². The summed E-state index contributed by atoms with van der Waals surface area (Å²) in [7, 11) is 0. The summed E-state index contributed by atoms with van der Waals surface area (Å²) in [5.74, 6) is -0.876. The first-order valence-corrected chi connectivity index (χ1v) is 6.92. The predicted octanol–water partition coefficient (Wildman–Crippen LogP) is 5.09. The van der Waals surface area contributed by atoms with Crippen LogP contribution in [0.25, 0.3) is 6.08 Å². The van der Waals surface area contributed by atoms with Gasteiger partial charge < -0.3 is 5.32 Å². The molecule has 0 aliphatic heterocycles. The van der Waals surface area contributed by atoms with Crippen molar-refractivity contribution in [2.75, 3.05) is 5.32 Å². The molecule has 2 aromatic carbocycles. The number of hydrogen-bond donors (Lipinski definition) is 1. The Morgan fingerprint density at radius 2 is 1.95 bits per heavy atom. The lowest BCUT2D eigenvalue weighted by Gasteiger charge is -2.04. The minimum Gasteiger partial charge on any atom is -0.322 e. The lowest BCUT2D eigenvalue weighted by atomic mass is 10.2. The fourth-order valence-corrected chi connectivity index (χ4v) is 2.09. The van der Waals surface area contributed by atoms with Gasteiger partial charge in [-0.1, -0.05) is 35.3 Å². The molecule has 5 heteroatoms. The lowest BCUT2D eigenvalue weighted by Crippen LogP contribution is -2.07. The summed E-state index contributed by atoms with van der Waals surface area (Å²) in [6.45, 7) is 1.87. The molecule has 1 N–H and O–H groups in total. The fourth-order valence-electron chi connectivity index (χ4n) is 1.68. The third-order valence-corrected chi connectivity index (χ3v) is 3.58. The molecule has 1 amide bonds. The molecule has 2 aromatic rings.